The van der Waals surface area contributed by atoms with E-state index in [0.717, 1.165) is 10.0 Å². The van der Waals surface area contributed by atoms with E-state index in [2.05, 4.69) is 31.5 Å². The minimum absolute atomic E-state index is 0.497. The van der Waals surface area contributed by atoms with Crippen molar-refractivity contribution in [3.63, 3.8) is 0 Å². The van der Waals surface area contributed by atoms with Gasteiger partial charge in [-0.3, -0.25) is 0 Å². The SMILES string of the molecule is Cc1c(Cl)cnc(NC(=S)NC2CCCC2)c1Br. The zero-order valence-electron chi connectivity index (χ0n) is 10.1. The Kier molecular flexibility index (Phi) is 4.81. The van der Waals surface area contributed by atoms with Crippen LogP contribution >= 0.6 is 39.7 Å². The number of pyridine rings is 1. The highest BCUT2D eigenvalue weighted by Gasteiger charge is 2.16. The summed E-state index contributed by atoms with van der Waals surface area (Å²) in [7, 11) is 0. The number of hydrogen-bond acceptors (Lipinski definition) is 2. The van der Waals surface area contributed by atoms with Crippen molar-refractivity contribution in [3.05, 3.63) is 21.3 Å². The monoisotopic (exact) mass is 347 g/mol. The molecule has 1 aliphatic carbocycles. The Morgan fingerprint density at radius 3 is 2.83 bits per heavy atom. The molecule has 2 rings (SSSR count). The molecule has 1 fully saturated rings. The van der Waals surface area contributed by atoms with Crippen molar-refractivity contribution >= 4 is 50.7 Å². The van der Waals surface area contributed by atoms with Crippen molar-refractivity contribution in [2.24, 2.45) is 0 Å². The summed E-state index contributed by atoms with van der Waals surface area (Å²) in [4.78, 5) is 4.24. The van der Waals surface area contributed by atoms with Crippen LogP contribution in [0.1, 0.15) is 31.2 Å². The quantitative estimate of drug-likeness (QED) is 0.791. The van der Waals surface area contributed by atoms with Gasteiger partial charge in [-0.25, -0.2) is 4.98 Å². The normalized spacial score (nSPS) is 15.7. The average molecular weight is 349 g/mol. The Balaban J connectivity index is 2.00. The van der Waals surface area contributed by atoms with Crippen LogP contribution in [0.25, 0.3) is 0 Å². The van der Waals surface area contributed by atoms with Crippen LogP contribution in [0.3, 0.4) is 0 Å². The Labute approximate surface area is 126 Å². The van der Waals surface area contributed by atoms with Gasteiger partial charge in [-0.1, -0.05) is 24.4 Å². The third-order valence-corrected chi connectivity index (χ3v) is 4.70. The molecule has 0 atom stereocenters. The smallest absolute Gasteiger partial charge is 0.172 e. The molecule has 0 saturated heterocycles. The standard InChI is InChI=1S/C12H15BrClN3S/c1-7-9(14)6-15-11(10(7)13)17-12(18)16-8-4-2-3-5-8/h6,8H,2-5H2,1H3,(H2,15,16,17,18). The summed E-state index contributed by atoms with van der Waals surface area (Å²) in [5, 5.41) is 7.69. The van der Waals surface area contributed by atoms with Gasteiger partial charge in [0.2, 0.25) is 0 Å². The van der Waals surface area contributed by atoms with Crippen LogP contribution in [0.5, 0.6) is 0 Å². The topological polar surface area (TPSA) is 37.0 Å². The first-order chi connectivity index (χ1) is 8.58. The molecule has 0 aliphatic heterocycles. The summed E-state index contributed by atoms with van der Waals surface area (Å²) < 4.78 is 0.852. The fraction of sp³-hybridized carbons (Fsp3) is 0.500. The summed E-state index contributed by atoms with van der Waals surface area (Å²) in [5.74, 6) is 0.701. The summed E-state index contributed by atoms with van der Waals surface area (Å²) in [6, 6.07) is 0.497. The van der Waals surface area contributed by atoms with E-state index in [1.807, 2.05) is 6.92 Å². The lowest BCUT2D eigenvalue weighted by atomic mass is 10.2. The fourth-order valence-corrected chi connectivity index (χ4v) is 2.98. The molecule has 18 heavy (non-hydrogen) atoms. The zero-order valence-corrected chi connectivity index (χ0v) is 13.3. The van der Waals surface area contributed by atoms with Gasteiger partial charge in [0.1, 0.15) is 5.82 Å². The van der Waals surface area contributed by atoms with Crippen LogP contribution in [0.2, 0.25) is 5.02 Å². The number of hydrogen-bond donors (Lipinski definition) is 2. The molecule has 0 unspecified atom stereocenters. The molecule has 0 bridgehead atoms. The second-order valence-corrected chi connectivity index (χ2v) is 6.08. The number of rotatable bonds is 2. The Bertz CT molecular complexity index is 461. The summed E-state index contributed by atoms with van der Waals surface area (Å²) in [5.41, 5.74) is 0.956. The van der Waals surface area contributed by atoms with E-state index in [4.69, 9.17) is 23.8 Å². The maximum Gasteiger partial charge on any atom is 0.172 e. The van der Waals surface area contributed by atoms with Crippen molar-refractivity contribution < 1.29 is 0 Å². The minimum atomic E-state index is 0.497. The molecule has 1 aliphatic rings. The molecule has 6 heteroatoms. The maximum absolute atomic E-state index is 5.99. The predicted octanol–water partition coefficient (Wildman–Crippen LogP) is 4.03. The minimum Gasteiger partial charge on any atom is -0.360 e. The highest BCUT2D eigenvalue weighted by atomic mass is 79.9. The van der Waals surface area contributed by atoms with Gasteiger partial charge in [0.15, 0.2) is 5.11 Å². The third kappa shape index (κ3) is 3.33. The first-order valence-corrected chi connectivity index (χ1v) is 7.54. The summed E-state index contributed by atoms with van der Waals surface area (Å²) in [6.07, 6.45) is 6.57. The Morgan fingerprint density at radius 1 is 1.50 bits per heavy atom. The van der Waals surface area contributed by atoms with E-state index in [1.165, 1.54) is 25.7 Å². The molecule has 0 amide bonds. The third-order valence-electron chi connectivity index (χ3n) is 3.12. The van der Waals surface area contributed by atoms with E-state index < -0.39 is 0 Å². The van der Waals surface area contributed by atoms with Crippen molar-refractivity contribution in [3.8, 4) is 0 Å². The summed E-state index contributed by atoms with van der Waals surface area (Å²) >= 11 is 14.8. The van der Waals surface area contributed by atoms with Gasteiger partial charge in [0, 0.05) is 12.2 Å². The number of thiocarbonyl (C=S) groups is 1. The number of nitrogens with one attached hydrogen (secondary N) is 2. The molecule has 1 saturated carbocycles. The molecule has 98 valence electrons. The molecule has 3 nitrogen and oxygen atoms in total. The predicted molar refractivity (Wildman–Crippen MR) is 83.3 cm³/mol. The van der Waals surface area contributed by atoms with Gasteiger partial charge < -0.3 is 10.6 Å². The lowest BCUT2D eigenvalue weighted by Crippen LogP contribution is -2.36. The van der Waals surface area contributed by atoms with Crippen molar-refractivity contribution in [2.45, 2.75) is 38.6 Å². The average Bonchev–Trinajstić information content (AvgIpc) is 2.83. The molecule has 1 aromatic rings. The first-order valence-electron chi connectivity index (χ1n) is 5.96. The maximum atomic E-state index is 5.99. The highest BCUT2D eigenvalue weighted by Crippen LogP contribution is 2.29. The molecule has 0 radical (unpaired) electrons. The lowest BCUT2D eigenvalue weighted by molar-refractivity contribution is 0.634. The summed E-state index contributed by atoms with van der Waals surface area (Å²) in [6.45, 7) is 1.94. The number of halogens is 2. The number of nitrogens with zero attached hydrogens (tertiary/aromatic N) is 1. The lowest BCUT2D eigenvalue weighted by Gasteiger charge is -2.16. The Morgan fingerprint density at radius 2 is 2.17 bits per heavy atom. The van der Waals surface area contributed by atoms with Gasteiger partial charge in [-0.2, -0.15) is 0 Å². The molecule has 1 aromatic heterocycles. The van der Waals surface area contributed by atoms with Gasteiger partial charge in [0.05, 0.1) is 9.50 Å². The first kappa shape index (κ1) is 14.0. The van der Waals surface area contributed by atoms with E-state index in [9.17, 15) is 0 Å². The van der Waals surface area contributed by atoms with E-state index in [0.29, 0.717) is 22.0 Å². The second-order valence-electron chi connectivity index (χ2n) is 4.47. The van der Waals surface area contributed by atoms with Crippen LogP contribution in [-0.2, 0) is 0 Å². The van der Waals surface area contributed by atoms with E-state index >= 15 is 0 Å². The van der Waals surface area contributed by atoms with Crippen LogP contribution in [0.4, 0.5) is 5.82 Å². The number of aromatic nitrogens is 1. The van der Waals surface area contributed by atoms with Gasteiger partial charge in [-0.15, -0.1) is 0 Å². The van der Waals surface area contributed by atoms with Crippen LogP contribution < -0.4 is 10.6 Å². The van der Waals surface area contributed by atoms with Crippen molar-refractivity contribution in [2.75, 3.05) is 5.32 Å². The highest BCUT2D eigenvalue weighted by molar-refractivity contribution is 9.10. The molecule has 0 aromatic carbocycles. The fourth-order valence-electron chi connectivity index (χ4n) is 2.04. The Hall–Kier alpha value is -0.390. The molecule has 1 heterocycles. The second kappa shape index (κ2) is 6.17. The van der Waals surface area contributed by atoms with Gasteiger partial charge >= 0.3 is 0 Å². The van der Waals surface area contributed by atoms with Crippen LogP contribution in [0.15, 0.2) is 10.7 Å². The molecule has 0 spiro atoms. The number of anilines is 1. The van der Waals surface area contributed by atoms with Gasteiger partial charge in [-0.05, 0) is 53.5 Å². The molecular weight excluding hydrogens is 334 g/mol. The van der Waals surface area contributed by atoms with Crippen molar-refractivity contribution in [1.29, 1.82) is 0 Å². The van der Waals surface area contributed by atoms with Crippen LogP contribution in [0, 0.1) is 6.92 Å². The van der Waals surface area contributed by atoms with Crippen LogP contribution in [-0.4, -0.2) is 16.1 Å². The van der Waals surface area contributed by atoms with Gasteiger partial charge in [0.25, 0.3) is 0 Å². The zero-order chi connectivity index (χ0) is 13.1. The molecule has 2 N–H and O–H groups in total. The van der Waals surface area contributed by atoms with E-state index in [-0.39, 0.29) is 0 Å². The van der Waals surface area contributed by atoms with E-state index in [1.54, 1.807) is 6.20 Å². The largest absolute Gasteiger partial charge is 0.360 e. The van der Waals surface area contributed by atoms with Crippen molar-refractivity contribution in [1.82, 2.24) is 10.3 Å². The molecular formula is C12H15BrClN3S.